The zero-order valence-electron chi connectivity index (χ0n) is 16.9. The van der Waals surface area contributed by atoms with Crippen molar-refractivity contribution in [2.24, 2.45) is 0 Å². The molecule has 8 heteroatoms. The molecule has 4 aromatic rings. The van der Waals surface area contributed by atoms with Gasteiger partial charge in [0.1, 0.15) is 4.83 Å². The lowest BCUT2D eigenvalue weighted by Crippen LogP contribution is -2.28. The molecule has 31 heavy (non-hydrogen) atoms. The van der Waals surface area contributed by atoms with Gasteiger partial charge in [-0.2, -0.15) is 0 Å². The maximum Gasteiger partial charge on any atom is 0.263 e. The number of nitrogens with zero attached hydrogens (tertiary/aromatic N) is 2. The number of carbonyl (C=O) groups is 1. The quantitative estimate of drug-likeness (QED) is 0.216. The van der Waals surface area contributed by atoms with Gasteiger partial charge in [0.05, 0.1) is 17.2 Å². The van der Waals surface area contributed by atoms with E-state index in [-0.39, 0.29) is 23.3 Å². The van der Waals surface area contributed by atoms with Gasteiger partial charge in [-0.3, -0.25) is 14.2 Å². The third kappa shape index (κ3) is 4.66. The van der Waals surface area contributed by atoms with Crippen molar-refractivity contribution in [3.63, 3.8) is 0 Å². The summed E-state index contributed by atoms with van der Waals surface area (Å²) in [4.78, 5) is 32.3. The van der Waals surface area contributed by atoms with Crippen molar-refractivity contribution in [2.75, 3.05) is 5.75 Å². The maximum atomic E-state index is 13.3. The third-order valence-corrected chi connectivity index (χ3v) is 7.64. The van der Waals surface area contributed by atoms with Crippen LogP contribution in [0.1, 0.15) is 17.8 Å². The van der Waals surface area contributed by atoms with Gasteiger partial charge in [0, 0.05) is 22.4 Å². The van der Waals surface area contributed by atoms with Crippen molar-refractivity contribution in [3.05, 3.63) is 81.1 Å². The summed E-state index contributed by atoms with van der Waals surface area (Å²) < 4.78 is 1.59. The molecule has 0 radical (unpaired) electrons. The Bertz CT molecular complexity index is 1260. The van der Waals surface area contributed by atoms with Crippen LogP contribution in [0.2, 0.25) is 0 Å². The predicted molar refractivity (Wildman–Crippen MR) is 131 cm³/mol. The SMILES string of the molecule is C=CCn1c(SCC(=O)NC(C)c2cccs2)nc2scc(-c3ccccc3)c2c1=O. The van der Waals surface area contributed by atoms with Gasteiger partial charge >= 0.3 is 0 Å². The van der Waals surface area contributed by atoms with Crippen molar-refractivity contribution in [1.82, 2.24) is 14.9 Å². The van der Waals surface area contributed by atoms with Crippen molar-refractivity contribution in [1.29, 1.82) is 0 Å². The van der Waals surface area contributed by atoms with Crippen LogP contribution in [0, 0.1) is 0 Å². The van der Waals surface area contributed by atoms with Crippen LogP contribution in [-0.2, 0) is 11.3 Å². The summed E-state index contributed by atoms with van der Waals surface area (Å²) in [5, 5.41) is 8.09. The molecule has 0 fully saturated rings. The number of hydrogen-bond acceptors (Lipinski definition) is 6. The average Bonchev–Trinajstić information content (AvgIpc) is 3.45. The van der Waals surface area contributed by atoms with Crippen LogP contribution in [0.3, 0.4) is 0 Å². The normalized spacial score (nSPS) is 12.0. The second-order valence-corrected chi connectivity index (χ2v) is 9.67. The monoisotopic (exact) mass is 467 g/mol. The minimum atomic E-state index is -0.111. The number of carbonyl (C=O) groups excluding carboxylic acids is 1. The first-order chi connectivity index (χ1) is 15.1. The summed E-state index contributed by atoms with van der Waals surface area (Å²) >= 11 is 4.33. The molecule has 0 aliphatic carbocycles. The van der Waals surface area contributed by atoms with E-state index < -0.39 is 0 Å². The number of thiophene rings is 2. The van der Waals surface area contributed by atoms with Crippen LogP contribution in [0.15, 0.2) is 75.8 Å². The summed E-state index contributed by atoms with van der Waals surface area (Å²) in [6.07, 6.45) is 1.67. The van der Waals surface area contributed by atoms with Gasteiger partial charge in [-0.25, -0.2) is 4.98 Å². The topological polar surface area (TPSA) is 64.0 Å². The second kappa shape index (κ2) is 9.64. The summed E-state index contributed by atoms with van der Waals surface area (Å²) in [5.74, 6) is 0.0865. The number of rotatable bonds is 8. The minimum absolute atomic E-state index is 0.0513. The van der Waals surface area contributed by atoms with Crippen molar-refractivity contribution >= 4 is 50.6 Å². The Morgan fingerprint density at radius 2 is 2.06 bits per heavy atom. The van der Waals surface area contributed by atoms with Crippen molar-refractivity contribution in [2.45, 2.75) is 24.7 Å². The molecule has 158 valence electrons. The Labute approximate surface area is 192 Å². The van der Waals surface area contributed by atoms with E-state index in [1.807, 2.05) is 60.1 Å². The van der Waals surface area contributed by atoms with Crippen molar-refractivity contribution < 1.29 is 4.79 Å². The molecule has 1 aromatic carbocycles. The lowest BCUT2D eigenvalue weighted by Gasteiger charge is -2.13. The third-order valence-electron chi connectivity index (χ3n) is 4.74. The highest BCUT2D eigenvalue weighted by molar-refractivity contribution is 7.99. The molecule has 3 aromatic heterocycles. The smallest absolute Gasteiger partial charge is 0.263 e. The lowest BCUT2D eigenvalue weighted by molar-refractivity contribution is -0.119. The molecule has 1 unspecified atom stereocenters. The predicted octanol–water partition coefficient (Wildman–Crippen LogP) is 5.34. The fraction of sp³-hybridized carbons (Fsp3) is 0.174. The number of allylic oxidation sites excluding steroid dienone is 1. The molecule has 1 atom stereocenters. The molecule has 0 aliphatic rings. The first kappa shape index (κ1) is 21.5. The summed E-state index contributed by atoms with van der Waals surface area (Å²) in [7, 11) is 0. The van der Waals surface area contributed by atoms with E-state index in [1.54, 1.807) is 22.0 Å². The number of benzene rings is 1. The number of aromatic nitrogens is 2. The number of amides is 1. The van der Waals surface area contributed by atoms with Crippen LogP contribution in [0.25, 0.3) is 21.3 Å². The first-order valence-corrected chi connectivity index (χ1v) is 12.5. The number of hydrogen-bond donors (Lipinski definition) is 1. The van der Waals surface area contributed by atoms with E-state index in [2.05, 4.69) is 11.9 Å². The van der Waals surface area contributed by atoms with Crippen LogP contribution in [0.5, 0.6) is 0 Å². The van der Waals surface area contributed by atoms with Gasteiger partial charge in [-0.1, -0.05) is 54.2 Å². The zero-order valence-corrected chi connectivity index (χ0v) is 19.4. The molecule has 4 rings (SSSR count). The van der Waals surface area contributed by atoms with E-state index >= 15 is 0 Å². The van der Waals surface area contributed by atoms with Crippen LogP contribution in [-0.4, -0.2) is 21.2 Å². The van der Waals surface area contributed by atoms with E-state index in [0.717, 1.165) is 16.0 Å². The molecule has 0 bridgehead atoms. The standard InChI is InChI=1S/C23H21N3O2S3/c1-3-11-26-22(28)20-17(16-8-5-4-6-9-16)13-30-21(20)25-23(26)31-14-19(27)24-15(2)18-10-7-12-29-18/h3-10,12-13,15H,1,11,14H2,2H3,(H,24,27). The van der Waals surface area contributed by atoms with E-state index in [9.17, 15) is 9.59 Å². The highest BCUT2D eigenvalue weighted by Crippen LogP contribution is 2.32. The zero-order chi connectivity index (χ0) is 21.8. The highest BCUT2D eigenvalue weighted by atomic mass is 32.2. The van der Waals surface area contributed by atoms with Crippen molar-refractivity contribution in [3.8, 4) is 11.1 Å². The Hall–Kier alpha value is -2.68. The molecule has 0 aliphatic heterocycles. The summed E-state index contributed by atoms with van der Waals surface area (Å²) in [5.41, 5.74) is 1.76. The molecule has 5 nitrogen and oxygen atoms in total. The number of thioether (sulfide) groups is 1. The van der Waals surface area contributed by atoms with Crippen LogP contribution < -0.4 is 10.9 Å². The van der Waals surface area contributed by atoms with Crippen LogP contribution in [0.4, 0.5) is 0 Å². The molecule has 3 heterocycles. The van der Waals surface area contributed by atoms with Gasteiger partial charge in [0.2, 0.25) is 5.91 Å². The minimum Gasteiger partial charge on any atom is -0.348 e. The van der Waals surface area contributed by atoms with Gasteiger partial charge in [-0.05, 0) is 23.9 Å². The maximum absolute atomic E-state index is 13.3. The summed E-state index contributed by atoms with van der Waals surface area (Å²) in [6, 6.07) is 13.7. The molecule has 0 spiro atoms. The molecule has 0 saturated heterocycles. The Kier molecular flexibility index (Phi) is 6.70. The molecule has 1 amide bonds. The average molecular weight is 468 g/mol. The second-order valence-electron chi connectivity index (χ2n) is 6.89. The first-order valence-electron chi connectivity index (χ1n) is 9.72. The largest absolute Gasteiger partial charge is 0.348 e. The number of nitrogens with one attached hydrogen (secondary N) is 1. The van der Waals surface area contributed by atoms with Gasteiger partial charge in [0.15, 0.2) is 5.16 Å². The fourth-order valence-corrected chi connectivity index (χ4v) is 5.80. The Morgan fingerprint density at radius 1 is 1.26 bits per heavy atom. The molecular weight excluding hydrogens is 446 g/mol. The van der Waals surface area contributed by atoms with E-state index in [4.69, 9.17) is 4.98 Å². The highest BCUT2D eigenvalue weighted by Gasteiger charge is 2.18. The molecule has 0 saturated carbocycles. The molecule has 1 N–H and O–H groups in total. The number of fused-ring (bicyclic) bond motifs is 1. The van der Waals surface area contributed by atoms with Gasteiger partial charge < -0.3 is 5.32 Å². The van der Waals surface area contributed by atoms with Crippen LogP contribution >= 0.6 is 34.4 Å². The van der Waals surface area contributed by atoms with E-state index in [0.29, 0.717) is 21.9 Å². The Balaban J connectivity index is 1.60. The van der Waals surface area contributed by atoms with E-state index in [1.165, 1.54) is 23.1 Å². The van der Waals surface area contributed by atoms with Gasteiger partial charge in [-0.15, -0.1) is 29.3 Å². The van der Waals surface area contributed by atoms with Gasteiger partial charge in [0.25, 0.3) is 5.56 Å². The fourth-order valence-electron chi connectivity index (χ4n) is 3.26. The summed E-state index contributed by atoms with van der Waals surface area (Å²) in [6.45, 7) is 6.07. The lowest BCUT2D eigenvalue weighted by atomic mass is 10.1. The molecular formula is C23H21N3O2S3. The Morgan fingerprint density at radius 3 is 2.77 bits per heavy atom.